The van der Waals surface area contributed by atoms with Gasteiger partial charge in [-0.05, 0) is 18.4 Å². The first kappa shape index (κ1) is 22.4. The molecule has 1 amide bonds. The topological polar surface area (TPSA) is 68.2 Å². The Kier molecular flexibility index (Phi) is 10.3. The summed E-state index contributed by atoms with van der Waals surface area (Å²) in [6.45, 7) is 3.26. The van der Waals surface area contributed by atoms with E-state index < -0.39 is 6.10 Å². The Balaban J connectivity index is 0.00000169. The van der Waals surface area contributed by atoms with E-state index in [0.717, 1.165) is 31.8 Å². The zero-order chi connectivity index (χ0) is 16.6. The predicted molar refractivity (Wildman–Crippen MR) is 106 cm³/mol. The van der Waals surface area contributed by atoms with Crippen molar-refractivity contribution in [3.05, 3.63) is 54.1 Å². The number of ether oxygens (including phenoxy) is 1. The van der Waals surface area contributed by atoms with E-state index in [2.05, 4.69) is 44.5 Å². The second-order valence-corrected chi connectivity index (χ2v) is 5.91. The molecule has 0 bridgehead atoms. The Morgan fingerprint density at radius 3 is 2.85 bits per heavy atom. The lowest BCUT2D eigenvalue weighted by Crippen LogP contribution is -2.47. The number of hydrogen-bond acceptors (Lipinski definition) is 4. The van der Waals surface area contributed by atoms with Gasteiger partial charge in [-0.2, -0.15) is 0 Å². The van der Waals surface area contributed by atoms with E-state index in [9.17, 15) is 4.79 Å². The molecule has 8 heteroatoms. The van der Waals surface area contributed by atoms with E-state index in [1.807, 2.05) is 12.3 Å². The minimum atomic E-state index is -0.403. The predicted octanol–water partition coefficient (Wildman–Crippen LogP) is 1.96. The number of morpholine rings is 1. The van der Waals surface area contributed by atoms with Gasteiger partial charge < -0.3 is 19.9 Å². The van der Waals surface area contributed by atoms with Crippen LogP contribution in [-0.4, -0.2) is 41.3 Å². The molecule has 1 fully saturated rings. The monoisotopic (exact) mass is 400 g/mol. The molecule has 6 nitrogen and oxygen atoms in total. The van der Waals surface area contributed by atoms with E-state index in [-0.39, 0.29) is 30.7 Å². The SMILES string of the molecule is Cl.Cl.O=C(NCc1nccn1CCCc1ccccc1)C1CNCCO1. The zero-order valence-corrected chi connectivity index (χ0v) is 16.2. The summed E-state index contributed by atoms with van der Waals surface area (Å²) >= 11 is 0. The van der Waals surface area contributed by atoms with Gasteiger partial charge in [0.2, 0.25) is 0 Å². The third kappa shape index (κ3) is 6.61. The second-order valence-electron chi connectivity index (χ2n) is 5.91. The summed E-state index contributed by atoms with van der Waals surface area (Å²) in [7, 11) is 0. The van der Waals surface area contributed by atoms with Crippen molar-refractivity contribution in [2.75, 3.05) is 19.7 Å². The van der Waals surface area contributed by atoms with Crippen LogP contribution < -0.4 is 10.6 Å². The van der Waals surface area contributed by atoms with Crippen molar-refractivity contribution >= 4 is 30.7 Å². The molecule has 2 N–H and O–H groups in total. The fourth-order valence-corrected chi connectivity index (χ4v) is 2.82. The number of hydrogen-bond donors (Lipinski definition) is 2. The van der Waals surface area contributed by atoms with Crippen LogP contribution in [0, 0.1) is 0 Å². The van der Waals surface area contributed by atoms with Crippen LogP contribution in [0.25, 0.3) is 0 Å². The lowest BCUT2D eigenvalue weighted by molar-refractivity contribution is -0.134. The smallest absolute Gasteiger partial charge is 0.250 e. The van der Waals surface area contributed by atoms with Crippen molar-refractivity contribution in [1.29, 1.82) is 0 Å². The number of benzene rings is 1. The van der Waals surface area contributed by atoms with E-state index >= 15 is 0 Å². The molecule has 1 aliphatic rings. The Labute approximate surface area is 166 Å². The van der Waals surface area contributed by atoms with Crippen LogP contribution >= 0.6 is 24.8 Å². The standard InChI is InChI=1S/C18H24N4O2.2ClH/c23-18(16-13-19-9-12-24-16)21-14-17-20-8-11-22(17)10-4-7-15-5-2-1-3-6-15;;/h1-3,5-6,8,11,16,19H,4,7,9-10,12-14H2,(H,21,23);2*1H. The average molecular weight is 401 g/mol. The maximum atomic E-state index is 12.1. The number of nitrogens with zero attached hydrogens (tertiary/aromatic N) is 2. The molecule has 1 unspecified atom stereocenters. The molecule has 0 aliphatic carbocycles. The van der Waals surface area contributed by atoms with Crippen molar-refractivity contribution in [2.24, 2.45) is 0 Å². The molecular formula is C18H26Cl2N4O2. The van der Waals surface area contributed by atoms with Gasteiger partial charge in [-0.25, -0.2) is 4.98 Å². The molecule has 1 atom stereocenters. The summed E-state index contributed by atoms with van der Waals surface area (Å²) in [5.41, 5.74) is 1.34. The van der Waals surface area contributed by atoms with Gasteiger partial charge in [-0.1, -0.05) is 30.3 Å². The zero-order valence-electron chi connectivity index (χ0n) is 14.6. The van der Waals surface area contributed by atoms with Crippen molar-refractivity contribution in [1.82, 2.24) is 20.2 Å². The van der Waals surface area contributed by atoms with Crippen LogP contribution in [0.4, 0.5) is 0 Å². The Bertz CT molecular complexity index is 646. The quantitative estimate of drug-likeness (QED) is 0.745. The molecule has 3 rings (SSSR count). The lowest BCUT2D eigenvalue weighted by atomic mass is 10.1. The minimum Gasteiger partial charge on any atom is -0.366 e. The van der Waals surface area contributed by atoms with Crippen molar-refractivity contribution in [3.8, 4) is 0 Å². The molecule has 1 aromatic heterocycles. The number of rotatable bonds is 7. The van der Waals surface area contributed by atoms with Gasteiger partial charge >= 0.3 is 0 Å². The molecule has 1 aliphatic heterocycles. The highest BCUT2D eigenvalue weighted by Gasteiger charge is 2.21. The first-order chi connectivity index (χ1) is 11.8. The third-order valence-corrected chi connectivity index (χ3v) is 4.15. The van der Waals surface area contributed by atoms with Crippen LogP contribution in [0.5, 0.6) is 0 Å². The maximum absolute atomic E-state index is 12.1. The molecular weight excluding hydrogens is 375 g/mol. The normalized spacial score (nSPS) is 16.2. The second kappa shape index (κ2) is 11.9. The number of carbonyl (C=O) groups is 1. The fraction of sp³-hybridized carbons (Fsp3) is 0.444. The maximum Gasteiger partial charge on any atom is 0.250 e. The van der Waals surface area contributed by atoms with Crippen molar-refractivity contribution < 1.29 is 9.53 Å². The number of aromatic nitrogens is 2. The Hall–Kier alpha value is -1.60. The number of aryl methyl sites for hydroxylation is 2. The van der Waals surface area contributed by atoms with Crippen molar-refractivity contribution in [3.63, 3.8) is 0 Å². The van der Waals surface area contributed by atoms with E-state index in [4.69, 9.17) is 4.74 Å². The van der Waals surface area contributed by atoms with Gasteiger partial charge in [0.05, 0.1) is 13.2 Å². The summed E-state index contributed by atoms with van der Waals surface area (Å²) in [4.78, 5) is 16.4. The fourth-order valence-electron chi connectivity index (χ4n) is 2.82. The highest BCUT2D eigenvalue weighted by atomic mass is 35.5. The van der Waals surface area contributed by atoms with Gasteiger partial charge in [0.1, 0.15) is 11.9 Å². The molecule has 0 radical (unpaired) electrons. The summed E-state index contributed by atoms with van der Waals surface area (Å²) < 4.78 is 7.55. The lowest BCUT2D eigenvalue weighted by Gasteiger charge is -2.22. The number of imidazole rings is 1. The van der Waals surface area contributed by atoms with Crippen molar-refractivity contribution in [2.45, 2.75) is 32.0 Å². The van der Waals surface area contributed by atoms with Gasteiger partial charge in [-0.15, -0.1) is 24.8 Å². The number of amides is 1. The first-order valence-corrected chi connectivity index (χ1v) is 8.47. The molecule has 2 aromatic rings. The largest absolute Gasteiger partial charge is 0.366 e. The Morgan fingerprint density at radius 2 is 2.12 bits per heavy atom. The summed E-state index contributed by atoms with van der Waals surface area (Å²) in [6.07, 6.45) is 5.41. The number of carbonyl (C=O) groups excluding carboxylic acids is 1. The highest BCUT2D eigenvalue weighted by molar-refractivity contribution is 5.85. The molecule has 144 valence electrons. The summed E-state index contributed by atoms with van der Waals surface area (Å²) in [6, 6.07) is 10.5. The van der Waals surface area contributed by atoms with Crippen LogP contribution in [0.1, 0.15) is 17.8 Å². The van der Waals surface area contributed by atoms with Crippen LogP contribution in [0.15, 0.2) is 42.7 Å². The summed E-state index contributed by atoms with van der Waals surface area (Å²) in [5, 5.41) is 6.07. The van der Waals surface area contributed by atoms with Gasteiger partial charge in [-0.3, -0.25) is 4.79 Å². The minimum absolute atomic E-state index is 0. The Morgan fingerprint density at radius 1 is 1.31 bits per heavy atom. The average Bonchev–Trinajstić information content (AvgIpc) is 3.09. The summed E-state index contributed by atoms with van der Waals surface area (Å²) in [5.74, 6) is 0.793. The molecule has 2 heterocycles. The van der Waals surface area contributed by atoms with Crippen LogP contribution in [-0.2, 0) is 29.0 Å². The van der Waals surface area contributed by atoms with Crippen LogP contribution in [0.3, 0.4) is 0 Å². The molecule has 1 aromatic carbocycles. The van der Waals surface area contributed by atoms with Crippen LogP contribution in [0.2, 0.25) is 0 Å². The third-order valence-electron chi connectivity index (χ3n) is 4.15. The highest BCUT2D eigenvalue weighted by Crippen LogP contribution is 2.06. The van der Waals surface area contributed by atoms with E-state index in [0.29, 0.717) is 19.7 Å². The molecule has 1 saturated heterocycles. The number of halogens is 2. The van der Waals surface area contributed by atoms with E-state index in [1.54, 1.807) is 6.20 Å². The first-order valence-electron chi connectivity index (χ1n) is 8.47. The van der Waals surface area contributed by atoms with Gasteiger partial charge in [0.15, 0.2) is 0 Å². The molecule has 0 saturated carbocycles. The molecule has 0 spiro atoms. The molecule has 26 heavy (non-hydrogen) atoms. The van der Waals surface area contributed by atoms with E-state index in [1.165, 1.54) is 5.56 Å². The van der Waals surface area contributed by atoms with Gasteiger partial charge in [0, 0.05) is 32.0 Å². The van der Waals surface area contributed by atoms with Gasteiger partial charge in [0.25, 0.3) is 5.91 Å². The number of nitrogens with one attached hydrogen (secondary N) is 2.